The summed E-state index contributed by atoms with van der Waals surface area (Å²) in [6, 6.07) is 0. The SMILES string of the molecule is CC1=CCC(=O)C1(C)O[SiH2]C(C)(C)C. The highest BCUT2D eigenvalue weighted by Gasteiger charge is 2.39. The lowest BCUT2D eigenvalue weighted by molar-refractivity contribution is -0.128. The topological polar surface area (TPSA) is 26.3 Å². The van der Waals surface area contributed by atoms with Gasteiger partial charge in [-0.3, -0.25) is 4.79 Å². The summed E-state index contributed by atoms with van der Waals surface area (Å²) in [7, 11) is -0.662. The van der Waals surface area contributed by atoms with Crippen LogP contribution in [0.2, 0.25) is 5.04 Å². The molecule has 0 aromatic heterocycles. The molecule has 0 amide bonds. The molecule has 0 spiro atoms. The minimum atomic E-state index is -0.662. The van der Waals surface area contributed by atoms with Crippen LogP contribution in [0.25, 0.3) is 0 Å². The number of hydrogen-bond donors (Lipinski definition) is 0. The summed E-state index contributed by atoms with van der Waals surface area (Å²) in [6.45, 7) is 10.4. The van der Waals surface area contributed by atoms with Gasteiger partial charge in [-0.2, -0.15) is 0 Å². The molecule has 14 heavy (non-hydrogen) atoms. The fourth-order valence-corrected chi connectivity index (χ4v) is 2.52. The van der Waals surface area contributed by atoms with Crippen molar-refractivity contribution in [3.63, 3.8) is 0 Å². The first-order valence-electron chi connectivity index (χ1n) is 5.10. The van der Waals surface area contributed by atoms with Crippen molar-refractivity contribution in [1.82, 2.24) is 0 Å². The Hall–Kier alpha value is -0.413. The molecule has 2 nitrogen and oxygen atoms in total. The van der Waals surface area contributed by atoms with Crippen molar-refractivity contribution in [3.8, 4) is 0 Å². The van der Waals surface area contributed by atoms with E-state index in [1.54, 1.807) is 0 Å². The van der Waals surface area contributed by atoms with Crippen LogP contribution < -0.4 is 0 Å². The molecule has 0 N–H and O–H groups in total. The molecule has 3 heteroatoms. The van der Waals surface area contributed by atoms with Crippen LogP contribution in [-0.2, 0) is 9.22 Å². The average Bonchev–Trinajstić information content (AvgIpc) is 2.29. The lowest BCUT2D eigenvalue weighted by Gasteiger charge is -2.29. The summed E-state index contributed by atoms with van der Waals surface area (Å²) in [5, 5.41) is 0.242. The fourth-order valence-electron chi connectivity index (χ4n) is 1.41. The largest absolute Gasteiger partial charge is 0.408 e. The van der Waals surface area contributed by atoms with E-state index in [1.807, 2.05) is 19.9 Å². The van der Waals surface area contributed by atoms with E-state index in [1.165, 1.54) is 0 Å². The summed E-state index contributed by atoms with van der Waals surface area (Å²) in [5.74, 6) is 0.215. The number of carbonyl (C=O) groups is 1. The van der Waals surface area contributed by atoms with Gasteiger partial charge in [0.1, 0.15) is 5.60 Å². The van der Waals surface area contributed by atoms with Gasteiger partial charge in [-0.25, -0.2) is 0 Å². The molecule has 80 valence electrons. The van der Waals surface area contributed by atoms with E-state index in [-0.39, 0.29) is 10.8 Å². The predicted octanol–water partition coefficient (Wildman–Crippen LogP) is 1.98. The quantitative estimate of drug-likeness (QED) is 0.517. The standard InChI is InChI=1S/C11H20O2Si/c1-8-6-7-9(12)11(8,5)13-14-10(2,3)4/h6H,7,14H2,1-5H3. The molecule has 1 unspecified atom stereocenters. The molecule has 0 saturated carbocycles. The number of allylic oxidation sites excluding steroid dienone is 1. The van der Waals surface area contributed by atoms with Crippen molar-refractivity contribution < 1.29 is 9.22 Å². The second kappa shape index (κ2) is 3.63. The molecule has 1 atom stereocenters. The van der Waals surface area contributed by atoms with Crippen molar-refractivity contribution in [2.24, 2.45) is 0 Å². The molecule has 0 fully saturated rings. The van der Waals surface area contributed by atoms with Crippen LogP contribution in [0.3, 0.4) is 0 Å². The second-order valence-corrected chi connectivity index (χ2v) is 8.10. The van der Waals surface area contributed by atoms with E-state index in [0.29, 0.717) is 6.42 Å². The lowest BCUT2D eigenvalue weighted by Crippen LogP contribution is -2.38. The summed E-state index contributed by atoms with van der Waals surface area (Å²) in [5.41, 5.74) is 0.485. The maximum Gasteiger partial charge on any atom is 0.171 e. The number of rotatable bonds is 2. The van der Waals surface area contributed by atoms with Crippen molar-refractivity contribution in [1.29, 1.82) is 0 Å². The minimum absolute atomic E-state index is 0.215. The number of ketones is 1. The van der Waals surface area contributed by atoms with Gasteiger partial charge in [0.15, 0.2) is 15.5 Å². The van der Waals surface area contributed by atoms with Crippen LogP contribution in [0.15, 0.2) is 11.6 Å². The minimum Gasteiger partial charge on any atom is -0.408 e. The Morgan fingerprint density at radius 1 is 1.50 bits per heavy atom. The van der Waals surface area contributed by atoms with Gasteiger partial charge in [0.2, 0.25) is 0 Å². The van der Waals surface area contributed by atoms with Crippen LogP contribution >= 0.6 is 0 Å². The van der Waals surface area contributed by atoms with Crippen LogP contribution in [0.1, 0.15) is 41.0 Å². The fraction of sp³-hybridized carbons (Fsp3) is 0.727. The Bertz CT molecular complexity index is 276. The molecular weight excluding hydrogens is 192 g/mol. The highest BCUT2D eigenvalue weighted by Crippen LogP contribution is 2.32. The third-order valence-electron chi connectivity index (χ3n) is 2.67. The number of carbonyl (C=O) groups excluding carboxylic acids is 1. The summed E-state index contributed by atoms with van der Waals surface area (Å²) in [6.07, 6.45) is 2.53. The zero-order chi connectivity index (χ0) is 11.0. The zero-order valence-corrected chi connectivity index (χ0v) is 11.2. The van der Waals surface area contributed by atoms with E-state index < -0.39 is 15.4 Å². The smallest absolute Gasteiger partial charge is 0.171 e. The van der Waals surface area contributed by atoms with Crippen LogP contribution in [-0.4, -0.2) is 21.1 Å². The Labute approximate surface area is 88.7 Å². The lowest BCUT2D eigenvalue weighted by atomic mass is 9.99. The maximum atomic E-state index is 11.7. The molecule has 0 radical (unpaired) electrons. The van der Waals surface area contributed by atoms with Crippen LogP contribution in [0.4, 0.5) is 0 Å². The van der Waals surface area contributed by atoms with Crippen LogP contribution in [0.5, 0.6) is 0 Å². The van der Waals surface area contributed by atoms with Crippen molar-refractivity contribution in [3.05, 3.63) is 11.6 Å². The Morgan fingerprint density at radius 2 is 2.07 bits per heavy atom. The van der Waals surface area contributed by atoms with Gasteiger partial charge in [0.25, 0.3) is 0 Å². The predicted molar refractivity (Wildman–Crippen MR) is 61.1 cm³/mol. The normalized spacial score (nSPS) is 28.9. The van der Waals surface area contributed by atoms with Gasteiger partial charge in [-0.05, 0) is 24.5 Å². The van der Waals surface area contributed by atoms with Gasteiger partial charge < -0.3 is 4.43 Å². The van der Waals surface area contributed by atoms with E-state index >= 15 is 0 Å². The first-order chi connectivity index (χ1) is 6.26. The average molecular weight is 212 g/mol. The van der Waals surface area contributed by atoms with Gasteiger partial charge in [-0.1, -0.05) is 26.8 Å². The van der Waals surface area contributed by atoms with Crippen LogP contribution in [0, 0.1) is 0 Å². The molecule has 1 rings (SSSR count). The number of hydrogen-bond acceptors (Lipinski definition) is 2. The van der Waals surface area contributed by atoms with Crippen molar-refractivity contribution in [2.75, 3.05) is 0 Å². The molecule has 1 aliphatic carbocycles. The Balaban J connectivity index is 2.67. The summed E-state index contributed by atoms with van der Waals surface area (Å²) < 4.78 is 5.90. The van der Waals surface area contributed by atoms with E-state index in [2.05, 4.69) is 20.8 Å². The molecule has 0 bridgehead atoms. The van der Waals surface area contributed by atoms with Crippen molar-refractivity contribution >= 4 is 15.5 Å². The summed E-state index contributed by atoms with van der Waals surface area (Å²) in [4.78, 5) is 11.7. The Morgan fingerprint density at radius 3 is 2.43 bits per heavy atom. The first kappa shape index (κ1) is 11.7. The maximum absolute atomic E-state index is 11.7. The first-order valence-corrected chi connectivity index (χ1v) is 6.39. The number of Topliss-reactive ketones (excluding diaryl/α,β-unsaturated/α-hetero) is 1. The molecule has 0 saturated heterocycles. The molecule has 0 aromatic carbocycles. The highest BCUT2D eigenvalue weighted by atomic mass is 28.2. The summed E-state index contributed by atoms with van der Waals surface area (Å²) >= 11 is 0. The second-order valence-electron chi connectivity index (χ2n) is 5.40. The molecule has 0 heterocycles. The Kier molecular flexibility index (Phi) is 3.02. The monoisotopic (exact) mass is 212 g/mol. The van der Waals surface area contributed by atoms with Crippen molar-refractivity contribution in [2.45, 2.75) is 51.7 Å². The third kappa shape index (κ3) is 2.33. The molecule has 0 aromatic rings. The van der Waals surface area contributed by atoms with E-state index in [9.17, 15) is 4.79 Å². The van der Waals surface area contributed by atoms with Gasteiger partial charge in [0.05, 0.1) is 0 Å². The van der Waals surface area contributed by atoms with E-state index in [0.717, 1.165) is 5.57 Å². The zero-order valence-electron chi connectivity index (χ0n) is 9.81. The van der Waals surface area contributed by atoms with E-state index in [4.69, 9.17) is 4.43 Å². The molecular formula is C11H20O2Si. The molecule has 0 aliphatic heterocycles. The van der Waals surface area contributed by atoms with Gasteiger partial charge in [-0.15, -0.1) is 0 Å². The van der Waals surface area contributed by atoms with Gasteiger partial charge >= 0.3 is 0 Å². The highest BCUT2D eigenvalue weighted by molar-refractivity contribution is 6.32. The van der Waals surface area contributed by atoms with Gasteiger partial charge in [0, 0.05) is 6.42 Å². The third-order valence-corrected chi connectivity index (χ3v) is 4.26. The molecule has 1 aliphatic rings.